The van der Waals surface area contributed by atoms with E-state index >= 15 is 0 Å². The topological polar surface area (TPSA) is 224 Å². The molecule has 2 aliphatic heterocycles. The second-order valence-corrected chi connectivity index (χ2v) is 29.4. The van der Waals surface area contributed by atoms with Crippen LogP contribution in [0.4, 0.5) is 0 Å². The molecule has 6 rings (SSSR count). The maximum atomic E-state index is 14.9. The zero-order valence-electron chi connectivity index (χ0n) is 64.8. The van der Waals surface area contributed by atoms with E-state index in [1.165, 1.54) is 117 Å². The van der Waals surface area contributed by atoms with Crippen molar-refractivity contribution in [1.82, 2.24) is 5.32 Å². The summed E-state index contributed by atoms with van der Waals surface area (Å²) in [6.07, 6.45) is 21.1. The summed E-state index contributed by atoms with van der Waals surface area (Å²) >= 11 is 0. The summed E-state index contributed by atoms with van der Waals surface area (Å²) in [5, 5.41) is 3.21. The average molecular weight is 1460 g/mol. The van der Waals surface area contributed by atoms with Crippen molar-refractivity contribution in [3.8, 4) is 0 Å². The van der Waals surface area contributed by atoms with Gasteiger partial charge in [0, 0.05) is 31.6 Å². The molecule has 2 fully saturated rings. The number of methoxy groups -OCH3 is 1. The SMILES string of the molecule is CCCCCCCCCCCCCCCCCC(=O)N[C@@H](CO[C@@H]1OC(COC(=O)c2ccccc2)[C@H](C)[C@H](O[C@]2(C(=O)OC)CC(C)[C@H](C)[C@H]([C@H](C)[C@@H](CC)OC(C)=O)O2)C1OC(=O)c1ccccc1)[C@H](OC(=O)c1ccccc1)[C@@H](CCCCCCCCCCCCCC)OC(=O)c1ccccc1. The first-order valence-corrected chi connectivity index (χ1v) is 40.1. The predicted molar refractivity (Wildman–Crippen MR) is 407 cm³/mol. The quantitative estimate of drug-likeness (QED) is 0.0246. The van der Waals surface area contributed by atoms with Crippen molar-refractivity contribution in [1.29, 1.82) is 0 Å². The number of esters is 6. The standard InChI is InChI=1S/C87H127NO17/c1-10-13-15-17-19-21-23-25-26-27-29-31-33-35-49-59-76(90)88-72(79(102-83(93)70-54-44-38-45-55-70)74(100-82(92)69-52-42-37-43-53-69)58-48-34-32-30-28-24-22-20-18-16-14-11-2)61-98-85-80(103-84(94)71-56-46-39-47-57-71)78(66(7)75(101-85)62-97-81(91)68-50-40-36-41-51-68)105-87(86(95)96-9)60-63(4)64(5)77(104-87)65(6)73(12-3)99-67(8)89/h36-47,50-57,63-66,72-75,77-80,85H,10-35,48-49,58-62H2,1-9H3,(H,88,90)/t63?,64-,65+,66-,72-,73+,74+,75?,77+,78-,79-,80?,85+,87-/m0/s1. The summed E-state index contributed by atoms with van der Waals surface area (Å²) in [4.78, 5) is 101. The molecule has 0 saturated carbocycles. The van der Waals surface area contributed by atoms with Gasteiger partial charge in [-0.05, 0) is 86.1 Å². The Balaban J connectivity index is 1.42. The Morgan fingerprint density at radius 3 is 1.41 bits per heavy atom. The Kier molecular flexibility index (Phi) is 40.6. The number of amides is 1. The lowest BCUT2D eigenvalue weighted by Crippen LogP contribution is -2.65. The van der Waals surface area contributed by atoms with Crippen molar-refractivity contribution in [3.05, 3.63) is 144 Å². The Morgan fingerprint density at radius 2 is 0.952 bits per heavy atom. The highest BCUT2D eigenvalue weighted by Gasteiger charge is 2.59. The molecule has 0 aromatic heterocycles. The number of unbranched alkanes of at least 4 members (excludes halogenated alkanes) is 25. The molecular formula is C87H127NO17. The van der Waals surface area contributed by atoms with Crippen LogP contribution in [0.1, 0.15) is 296 Å². The fourth-order valence-electron chi connectivity index (χ4n) is 14.5. The van der Waals surface area contributed by atoms with Gasteiger partial charge in [-0.3, -0.25) is 9.59 Å². The van der Waals surface area contributed by atoms with Gasteiger partial charge in [-0.2, -0.15) is 0 Å². The number of rotatable bonds is 51. The Morgan fingerprint density at radius 1 is 0.514 bits per heavy atom. The van der Waals surface area contributed by atoms with Crippen molar-refractivity contribution >= 4 is 41.7 Å². The molecular weight excluding hydrogens is 1330 g/mol. The molecule has 0 spiro atoms. The van der Waals surface area contributed by atoms with Gasteiger partial charge in [-0.15, -0.1) is 0 Å². The number of hydrogen-bond donors (Lipinski definition) is 1. The third kappa shape index (κ3) is 29.9. The molecule has 1 amide bonds. The van der Waals surface area contributed by atoms with Crippen LogP contribution in [0.15, 0.2) is 121 Å². The van der Waals surface area contributed by atoms with E-state index in [2.05, 4.69) is 19.2 Å². The summed E-state index contributed by atoms with van der Waals surface area (Å²) in [6.45, 7) is 14.4. The summed E-state index contributed by atoms with van der Waals surface area (Å²) < 4.78 is 65.7. The maximum Gasteiger partial charge on any atom is 0.366 e. The van der Waals surface area contributed by atoms with Crippen LogP contribution in [0.2, 0.25) is 0 Å². The number of hydrogen-bond acceptors (Lipinski definition) is 17. The molecule has 0 radical (unpaired) electrons. The van der Waals surface area contributed by atoms with Crippen LogP contribution in [0.5, 0.6) is 0 Å². The van der Waals surface area contributed by atoms with Gasteiger partial charge in [-0.25, -0.2) is 24.0 Å². The van der Waals surface area contributed by atoms with Gasteiger partial charge in [0.25, 0.3) is 5.79 Å². The van der Waals surface area contributed by atoms with Crippen LogP contribution in [0, 0.1) is 23.7 Å². The lowest BCUT2D eigenvalue weighted by molar-refractivity contribution is -0.361. The van der Waals surface area contributed by atoms with Crippen molar-refractivity contribution in [2.24, 2.45) is 23.7 Å². The van der Waals surface area contributed by atoms with E-state index in [-0.39, 0.29) is 59.3 Å². The minimum atomic E-state index is -2.21. The molecule has 3 unspecified atom stereocenters. The number of nitrogens with one attached hydrogen (secondary N) is 1. The molecule has 4 aromatic carbocycles. The lowest BCUT2D eigenvalue weighted by Gasteiger charge is -2.51. The fourth-order valence-corrected chi connectivity index (χ4v) is 14.5. The second kappa shape index (κ2) is 49.1. The van der Waals surface area contributed by atoms with Crippen LogP contribution in [0.3, 0.4) is 0 Å². The van der Waals surface area contributed by atoms with E-state index in [0.717, 1.165) is 57.8 Å². The normalized spacial score (nSPS) is 21.5. The monoisotopic (exact) mass is 1460 g/mol. The highest BCUT2D eigenvalue weighted by molar-refractivity contribution is 5.91. The van der Waals surface area contributed by atoms with Gasteiger partial charge >= 0.3 is 35.8 Å². The van der Waals surface area contributed by atoms with Crippen molar-refractivity contribution in [2.45, 2.75) is 315 Å². The van der Waals surface area contributed by atoms with Gasteiger partial charge in [-0.1, -0.05) is 282 Å². The second-order valence-electron chi connectivity index (χ2n) is 29.4. The predicted octanol–water partition coefficient (Wildman–Crippen LogP) is 19.0. The molecule has 105 heavy (non-hydrogen) atoms. The van der Waals surface area contributed by atoms with Gasteiger partial charge in [0.05, 0.1) is 48.1 Å². The Hall–Kier alpha value is -6.99. The first-order valence-electron chi connectivity index (χ1n) is 40.1. The number of ether oxygens (including phenoxy) is 10. The van der Waals surface area contributed by atoms with Crippen LogP contribution < -0.4 is 5.32 Å². The fraction of sp³-hybridized carbons (Fsp3) is 0.644. The highest BCUT2D eigenvalue weighted by atomic mass is 16.8. The Bertz CT molecular complexity index is 3100. The smallest absolute Gasteiger partial charge is 0.366 e. The largest absolute Gasteiger partial charge is 0.465 e. The minimum Gasteiger partial charge on any atom is -0.465 e. The molecule has 18 heteroatoms. The zero-order valence-corrected chi connectivity index (χ0v) is 64.8. The molecule has 0 aliphatic carbocycles. The zero-order chi connectivity index (χ0) is 75.6. The van der Waals surface area contributed by atoms with E-state index in [0.29, 0.717) is 19.3 Å². The van der Waals surface area contributed by atoms with Crippen molar-refractivity contribution in [3.63, 3.8) is 0 Å². The minimum absolute atomic E-state index is 0.0404. The van der Waals surface area contributed by atoms with Crippen LogP contribution >= 0.6 is 0 Å². The number of benzene rings is 4. The van der Waals surface area contributed by atoms with Gasteiger partial charge in [0.15, 0.2) is 18.5 Å². The van der Waals surface area contributed by atoms with Gasteiger partial charge in [0.1, 0.15) is 31.0 Å². The molecule has 1 N–H and O–H groups in total. The molecule has 2 heterocycles. The first-order chi connectivity index (χ1) is 50.9. The molecule has 582 valence electrons. The molecule has 2 saturated heterocycles. The van der Waals surface area contributed by atoms with E-state index in [1.54, 1.807) is 128 Å². The van der Waals surface area contributed by atoms with Crippen LogP contribution in [-0.4, -0.2) is 123 Å². The molecule has 2 aliphatic rings. The van der Waals surface area contributed by atoms with E-state index in [4.69, 9.17) is 47.4 Å². The number of carbonyl (C=O) groups excluding carboxylic acids is 7. The first kappa shape index (κ1) is 86.9. The third-order valence-electron chi connectivity index (χ3n) is 21.0. The van der Waals surface area contributed by atoms with Gasteiger partial charge < -0.3 is 52.7 Å². The summed E-state index contributed by atoms with van der Waals surface area (Å²) in [6, 6.07) is 32.4. The molecule has 0 bridgehead atoms. The van der Waals surface area contributed by atoms with E-state index in [1.807, 2.05) is 27.7 Å². The average Bonchev–Trinajstić information content (AvgIpc) is 0.752. The molecule has 18 nitrogen and oxygen atoms in total. The van der Waals surface area contributed by atoms with E-state index in [9.17, 15) is 33.6 Å². The molecule has 4 aromatic rings. The highest BCUT2D eigenvalue weighted by Crippen LogP contribution is 2.46. The summed E-state index contributed by atoms with van der Waals surface area (Å²) in [5.74, 6) is -8.74. The maximum absolute atomic E-state index is 14.9. The van der Waals surface area contributed by atoms with Crippen molar-refractivity contribution in [2.75, 3.05) is 20.3 Å². The van der Waals surface area contributed by atoms with E-state index < -0.39 is 122 Å². The Labute approximate surface area is 627 Å². The number of carbonyl (C=O) groups is 7. The molecule has 14 atom stereocenters. The van der Waals surface area contributed by atoms with Crippen LogP contribution in [0.25, 0.3) is 0 Å². The third-order valence-corrected chi connectivity index (χ3v) is 21.0. The van der Waals surface area contributed by atoms with Crippen molar-refractivity contribution < 1.29 is 80.9 Å². The van der Waals surface area contributed by atoms with Crippen LogP contribution in [-0.2, 0) is 61.8 Å². The van der Waals surface area contributed by atoms with Gasteiger partial charge in [0.2, 0.25) is 5.91 Å². The summed E-state index contributed by atoms with van der Waals surface area (Å²) in [7, 11) is 1.22. The summed E-state index contributed by atoms with van der Waals surface area (Å²) in [5.41, 5.74) is 0.892. The lowest BCUT2D eigenvalue weighted by atomic mass is 9.76.